The predicted octanol–water partition coefficient (Wildman–Crippen LogP) is 4.38. The second-order valence-corrected chi connectivity index (χ2v) is 6.46. The van der Waals surface area contributed by atoms with Crippen molar-refractivity contribution in [1.29, 1.82) is 0 Å². The highest BCUT2D eigenvalue weighted by Crippen LogP contribution is 2.29. The molecule has 0 aliphatic rings. The summed E-state index contributed by atoms with van der Waals surface area (Å²) in [4.78, 5) is 37.4. The molecule has 0 aliphatic heterocycles. The van der Waals surface area contributed by atoms with E-state index in [4.69, 9.17) is 11.6 Å². The molecule has 0 atom stereocenters. The number of nitrogens with one attached hydrogen (secondary N) is 2. The number of benzene rings is 2. The minimum absolute atomic E-state index is 0.0435. The topological polar surface area (TPSA) is 162 Å². The first-order valence-electron chi connectivity index (χ1n) is 8.62. The van der Waals surface area contributed by atoms with E-state index in [1.807, 2.05) is 0 Å². The average Bonchev–Trinajstić information content (AvgIpc) is 2.75. The van der Waals surface area contributed by atoms with Crippen LogP contribution in [0.4, 0.5) is 34.4 Å². The van der Waals surface area contributed by atoms with Gasteiger partial charge in [0, 0.05) is 35.6 Å². The van der Waals surface area contributed by atoms with Crippen LogP contribution in [0.25, 0.3) is 11.0 Å². The number of nitro benzene ring substituents is 2. The molecule has 0 aliphatic carbocycles. The summed E-state index contributed by atoms with van der Waals surface area (Å²) in [7, 11) is 0. The molecule has 4 aromatic rings. The number of nitro groups is 2. The monoisotopic (exact) mass is 438 g/mol. The van der Waals surface area contributed by atoms with E-state index < -0.39 is 9.85 Å². The number of fused-ring (bicyclic) bond motifs is 1. The van der Waals surface area contributed by atoms with E-state index in [-0.39, 0.29) is 22.5 Å². The minimum Gasteiger partial charge on any atom is -0.338 e. The molecule has 0 unspecified atom stereocenters. The Labute approximate surface area is 178 Å². The van der Waals surface area contributed by atoms with Crippen molar-refractivity contribution in [1.82, 2.24) is 19.9 Å². The van der Waals surface area contributed by atoms with Crippen molar-refractivity contribution in [2.75, 3.05) is 10.6 Å². The van der Waals surface area contributed by atoms with Gasteiger partial charge in [0.05, 0.1) is 9.85 Å². The molecule has 0 saturated heterocycles. The summed E-state index contributed by atoms with van der Waals surface area (Å²) in [6.45, 7) is 0. The standard InChI is InChI=1S/C18H11ClN8O4/c19-18-24-15-14(17(25-18)23-11-3-7-13(8-4-11)27(30)31)20-9-21-16(15)22-10-1-5-12(6-2-10)26(28)29/h1-9H,(H,20,21,22)(H,23,24,25). The molecule has 31 heavy (non-hydrogen) atoms. The van der Waals surface area contributed by atoms with Crippen LogP contribution >= 0.6 is 11.6 Å². The van der Waals surface area contributed by atoms with E-state index in [0.717, 1.165) is 0 Å². The first kappa shape index (κ1) is 19.8. The average molecular weight is 439 g/mol. The van der Waals surface area contributed by atoms with Gasteiger partial charge in [0.15, 0.2) is 11.6 Å². The second-order valence-electron chi connectivity index (χ2n) is 6.12. The number of nitrogens with zero attached hydrogens (tertiary/aromatic N) is 6. The molecule has 0 fully saturated rings. The van der Waals surface area contributed by atoms with Gasteiger partial charge in [-0.2, -0.15) is 4.98 Å². The lowest BCUT2D eigenvalue weighted by atomic mass is 10.2. The molecule has 0 amide bonds. The van der Waals surface area contributed by atoms with Gasteiger partial charge in [0.25, 0.3) is 11.4 Å². The van der Waals surface area contributed by atoms with Crippen LogP contribution in [0, 0.1) is 20.2 Å². The number of hydrogen-bond donors (Lipinski definition) is 2. The van der Waals surface area contributed by atoms with Crippen molar-refractivity contribution in [3.63, 3.8) is 0 Å². The molecule has 2 aromatic carbocycles. The van der Waals surface area contributed by atoms with Gasteiger partial charge in [-0.15, -0.1) is 0 Å². The molecule has 154 valence electrons. The third-order valence-corrected chi connectivity index (χ3v) is 4.31. The molecule has 2 heterocycles. The van der Waals surface area contributed by atoms with E-state index in [1.54, 1.807) is 0 Å². The first-order valence-corrected chi connectivity index (χ1v) is 9.00. The third kappa shape index (κ3) is 4.28. The maximum atomic E-state index is 10.8. The van der Waals surface area contributed by atoms with Gasteiger partial charge in [0.1, 0.15) is 17.4 Å². The van der Waals surface area contributed by atoms with Gasteiger partial charge in [-0.1, -0.05) is 0 Å². The van der Waals surface area contributed by atoms with E-state index >= 15 is 0 Å². The van der Waals surface area contributed by atoms with Gasteiger partial charge >= 0.3 is 0 Å². The van der Waals surface area contributed by atoms with Crippen molar-refractivity contribution in [2.24, 2.45) is 0 Å². The van der Waals surface area contributed by atoms with Crippen molar-refractivity contribution in [2.45, 2.75) is 0 Å². The van der Waals surface area contributed by atoms with E-state index in [9.17, 15) is 20.2 Å². The molecule has 13 heteroatoms. The summed E-state index contributed by atoms with van der Waals surface area (Å²) >= 11 is 6.08. The summed E-state index contributed by atoms with van der Waals surface area (Å²) in [6, 6.07) is 11.5. The Morgan fingerprint density at radius 1 is 0.710 bits per heavy atom. The molecule has 0 radical (unpaired) electrons. The van der Waals surface area contributed by atoms with Crippen molar-refractivity contribution < 1.29 is 9.85 Å². The molecule has 0 bridgehead atoms. The fourth-order valence-corrected chi connectivity index (χ4v) is 2.87. The summed E-state index contributed by atoms with van der Waals surface area (Å²) < 4.78 is 0. The lowest BCUT2D eigenvalue weighted by Gasteiger charge is -2.11. The van der Waals surface area contributed by atoms with Crippen molar-refractivity contribution >= 4 is 57.0 Å². The van der Waals surface area contributed by atoms with Crippen LogP contribution in [0.15, 0.2) is 54.9 Å². The third-order valence-electron chi connectivity index (χ3n) is 4.14. The predicted molar refractivity (Wildman–Crippen MR) is 113 cm³/mol. The largest absolute Gasteiger partial charge is 0.338 e. The van der Waals surface area contributed by atoms with E-state index in [2.05, 4.69) is 30.6 Å². The zero-order valence-electron chi connectivity index (χ0n) is 15.4. The summed E-state index contributed by atoms with van der Waals surface area (Å²) in [5, 5.41) is 27.6. The number of anilines is 4. The quantitative estimate of drug-likeness (QED) is 0.251. The highest BCUT2D eigenvalue weighted by Gasteiger charge is 2.14. The Hall–Kier alpha value is -4.45. The Morgan fingerprint density at radius 3 is 1.74 bits per heavy atom. The second kappa shape index (κ2) is 8.12. The normalized spacial score (nSPS) is 10.6. The maximum Gasteiger partial charge on any atom is 0.269 e. The smallest absolute Gasteiger partial charge is 0.269 e. The molecule has 12 nitrogen and oxygen atoms in total. The number of rotatable bonds is 6. The number of hydrogen-bond acceptors (Lipinski definition) is 10. The highest BCUT2D eigenvalue weighted by atomic mass is 35.5. The molecular weight excluding hydrogens is 428 g/mol. The van der Waals surface area contributed by atoms with Crippen LogP contribution < -0.4 is 10.6 Å². The number of non-ortho nitro benzene ring substituents is 2. The van der Waals surface area contributed by atoms with Gasteiger partial charge in [0.2, 0.25) is 5.28 Å². The van der Waals surface area contributed by atoms with Crippen LogP contribution in [0.3, 0.4) is 0 Å². The van der Waals surface area contributed by atoms with Crippen LogP contribution in [0.1, 0.15) is 0 Å². The van der Waals surface area contributed by atoms with Gasteiger partial charge < -0.3 is 10.6 Å². The number of aromatic nitrogens is 4. The molecule has 2 aromatic heterocycles. The van der Waals surface area contributed by atoms with E-state index in [0.29, 0.717) is 28.2 Å². The Morgan fingerprint density at radius 2 is 1.23 bits per heavy atom. The SMILES string of the molecule is O=[N+]([O-])c1ccc(Nc2nc(Cl)nc3c(Nc4ccc([N+](=O)[O-])cc4)ncnc23)cc1. The Bertz CT molecular complexity index is 1300. The summed E-state index contributed by atoms with van der Waals surface area (Å²) in [6.07, 6.45) is 1.30. The Balaban J connectivity index is 1.68. The zero-order valence-corrected chi connectivity index (χ0v) is 16.1. The molecular formula is C18H11ClN8O4. The first-order chi connectivity index (χ1) is 14.9. The molecule has 2 N–H and O–H groups in total. The van der Waals surface area contributed by atoms with Crippen LogP contribution in [0.5, 0.6) is 0 Å². The fourth-order valence-electron chi connectivity index (χ4n) is 2.71. The maximum absolute atomic E-state index is 10.8. The van der Waals surface area contributed by atoms with Crippen LogP contribution in [0.2, 0.25) is 5.28 Å². The summed E-state index contributed by atoms with van der Waals surface area (Å²) in [5.74, 6) is 0.591. The Kier molecular flexibility index (Phi) is 5.20. The fraction of sp³-hybridized carbons (Fsp3) is 0. The van der Waals surface area contributed by atoms with Gasteiger partial charge in [-0.3, -0.25) is 20.2 Å². The summed E-state index contributed by atoms with van der Waals surface area (Å²) in [5.41, 5.74) is 1.65. The van der Waals surface area contributed by atoms with Crippen LogP contribution in [-0.4, -0.2) is 29.8 Å². The zero-order chi connectivity index (χ0) is 22.0. The van der Waals surface area contributed by atoms with Gasteiger partial charge in [-0.25, -0.2) is 15.0 Å². The highest BCUT2D eigenvalue weighted by molar-refractivity contribution is 6.29. The van der Waals surface area contributed by atoms with Crippen LogP contribution in [-0.2, 0) is 0 Å². The lowest BCUT2D eigenvalue weighted by Crippen LogP contribution is -2.03. The van der Waals surface area contributed by atoms with Crippen molar-refractivity contribution in [3.05, 3.63) is 80.4 Å². The molecule has 0 saturated carbocycles. The molecule has 0 spiro atoms. The number of halogens is 1. The minimum atomic E-state index is -0.496. The van der Waals surface area contributed by atoms with E-state index in [1.165, 1.54) is 54.9 Å². The van der Waals surface area contributed by atoms with Gasteiger partial charge in [-0.05, 0) is 35.9 Å². The molecule has 4 rings (SSSR count). The van der Waals surface area contributed by atoms with Crippen molar-refractivity contribution in [3.8, 4) is 0 Å². The lowest BCUT2D eigenvalue weighted by molar-refractivity contribution is -0.385.